The Morgan fingerprint density at radius 2 is 1.95 bits per heavy atom. The molecule has 2 heterocycles. The average Bonchev–Trinajstić information content (AvgIpc) is 2.99. The number of hydrogen-bond donors (Lipinski definition) is 2. The van der Waals surface area contributed by atoms with Crippen LogP contribution in [0.15, 0.2) is 41.8 Å². The summed E-state index contributed by atoms with van der Waals surface area (Å²) in [7, 11) is 0. The summed E-state index contributed by atoms with van der Waals surface area (Å²) >= 11 is 7.14. The van der Waals surface area contributed by atoms with Crippen LogP contribution in [0.5, 0.6) is 0 Å². The normalized spacial score (nSPS) is 22.6. The standard InChI is InChI=1S/C14H15N3S2/c1-10-5-7-11(8-6-10)17-13(18)15-14(2,16-17)12-4-3-9-19-12/h3-9,16H,1-2H3,(H,15,18)/t14-/m1/s1. The molecule has 2 N–H and O–H groups in total. The fourth-order valence-electron chi connectivity index (χ4n) is 2.13. The Kier molecular flexibility index (Phi) is 3.05. The number of nitrogens with one attached hydrogen (secondary N) is 2. The van der Waals surface area contributed by atoms with E-state index in [4.69, 9.17) is 12.2 Å². The summed E-state index contributed by atoms with van der Waals surface area (Å²) in [6.45, 7) is 4.17. The van der Waals surface area contributed by atoms with E-state index in [-0.39, 0.29) is 5.66 Å². The first kappa shape index (κ1) is 12.6. The van der Waals surface area contributed by atoms with E-state index in [2.05, 4.69) is 60.3 Å². The highest BCUT2D eigenvalue weighted by Crippen LogP contribution is 2.29. The lowest BCUT2D eigenvalue weighted by Crippen LogP contribution is -2.45. The van der Waals surface area contributed by atoms with Gasteiger partial charge in [-0.3, -0.25) is 0 Å². The lowest BCUT2D eigenvalue weighted by atomic mass is 10.2. The van der Waals surface area contributed by atoms with E-state index in [0.29, 0.717) is 5.11 Å². The second kappa shape index (κ2) is 4.59. The molecule has 2 aromatic rings. The van der Waals surface area contributed by atoms with Gasteiger partial charge in [-0.25, -0.2) is 5.01 Å². The van der Waals surface area contributed by atoms with Gasteiger partial charge in [-0.1, -0.05) is 23.8 Å². The largest absolute Gasteiger partial charge is 0.337 e. The van der Waals surface area contributed by atoms with E-state index in [1.807, 2.05) is 11.1 Å². The summed E-state index contributed by atoms with van der Waals surface area (Å²) in [4.78, 5) is 1.21. The van der Waals surface area contributed by atoms with Crippen molar-refractivity contribution in [1.82, 2.24) is 10.7 Å². The molecule has 1 aliphatic rings. The van der Waals surface area contributed by atoms with Crippen LogP contribution in [-0.2, 0) is 5.66 Å². The molecule has 0 spiro atoms. The Bertz CT molecular complexity index is 592. The fraction of sp³-hybridized carbons (Fsp3) is 0.214. The minimum Gasteiger partial charge on any atom is -0.337 e. The molecule has 3 rings (SSSR count). The molecule has 0 radical (unpaired) electrons. The Labute approximate surface area is 122 Å². The van der Waals surface area contributed by atoms with Crippen molar-refractivity contribution in [1.29, 1.82) is 0 Å². The minimum absolute atomic E-state index is 0.337. The van der Waals surface area contributed by atoms with Gasteiger partial charge in [-0.05, 0) is 49.6 Å². The lowest BCUT2D eigenvalue weighted by molar-refractivity contribution is 0.398. The van der Waals surface area contributed by atoms with Crippen LogP contribution in [0, 0.1) is 6.92 Å². The summed E-state index contributed by atoms with van der Waals surface area (Å²) in [6, 6.07) is 12.5. The SMILES string of the molecule is Cc1ccc(N2N[C@](C)(c3cccs3)NC2=S)cc1. The van der Waals surface area contributed by atoms with Gasteiger partial charge < -0.3 is 5.32 Å². The molecule has 3 nitrogen and oxygen atoms in total. The summed E-state index contributed by atoms with van der Waals surface area (Å²) in [6.07, 6.45) is 0. The van der Waals surface area contributed by atoms with Gasteiger partial charge in [-0.2, -0.15) is 5.43 Å². The molecule has 0 saturated carbocycles. The highest BCUT2D eigenvalue weighted by molar-refractivity contribution is 7.80. The molecule has 5 heteroatoms. The van der Waals surface area contributed by atoms with Crippen LogP contribution in [0.1, 0.15) is 17.4 Å². The molecule has 1 saturated heterocycles. The molecule has 98 valence electrons. The number of anilines is 1. The van der Waals surface area contributed by atoms with Gasteiger partial charge in [0.05, 0.1) is 5.69 Å². The van der Waals surface area contributed by atoms with Crippen LogP contribution in [0.4, 0.5) is 5.69 Å². The molecule has 0 unspecified atom stereocenters. The van der Waals surface area contributed by atoms with Crippen molar-refractivity contribution in [3.05, 3.63) is 52.2 Å². The molecule has 0 amide bonds. The number of hydrazine groups is 1. The van der Waals surface area contributed by atoms with E-state index in [1.165, 1.54) is 10.4 Å². The maximum absolute atomic E-state index is 5.44. The number of thiocarbonyl (C=S) groups is 1. The summed E-state index contributed by atoms with van der Waals surface area (Å²) in [5.74, 6) is 0. The molecule has 1 aliphatic heterocycles. The van der Waals surface area contributed by atoms with E-state index in [0.717, 1.165) is 5.69 Å². The third-order valence-electron chi connectivity index (χ3n) is 3.20. The zero-order valence-corrected chi connectivity index (χ0v) is 12.4. The van der Waals surface area contributed by atoms with Gasteiger partial charge in [0, 0.05) is 4.88 Å². The van der Waals surface area contributed by atoms with Crippen molar-refractivity contribution in [3.63, 3.8) is 0 Å². The minimum atomic E-state index is -0.337. The number of rotatable bonds is 2. The lowest BCUT2D eigenvalue weighted by Gasteiger charge is -2.24. The van der Waals surface area contributed by atoms with Crippen LogP contribution >= 0.6 is 23.6 Å². The second-order valence-electron chi connectivity index (χ2n) is 4.82. The summed E-state index contributed by atoms with van der Waals surface area (Å²) in [5, 5.41) is 8.04. The Morgan fingerprint density at radius 1 is 1.21 bits per heavy atom. The van der Waals surface area contributed by atoms with Crippen molar-refractivity contribution in [3.8, 4) is 0 Å². The first-order chi connectivity index (χ1) is 9.08. The zero-order chi connectivity index (χ0) is 13.5. The molecule has 0 bridgehead atoms. The smallest absolute Gasteiger partial charge is 0.190 e. The van der Waals surface area contributed by atoms with E-state index >= 15 is 0 Å². The first-order valence-electron chi connectivity index (χ1n) is 6.09. The summed E-state index contributed by atoms with van der Waals surface area (Å²) in [5.41, 5.74) is 5.39. The molecular formula is C14H15N3S2. The maximum atomic E-state index is 5.44. The van der Waals surface area contributed by atoms with Gasteiger partial charge >= 0.3 is 0 Å². The number of hydrogen-bond acceptors (Lipinski definition) is 3. The van der Waals surface area contributed by atoms with Crippen LogP contribution in [0.2, 0.25) is 0 Å². The van der Waals surface area contributed by atoms with Crippen molar-refractivity contribution in [2.45, 2.75) is 19.5 Å². The molecule has 0 aliphatic carbocycles. The highest BCUT2D eigenvalue weighted by atomic mass is 32.1. The van der Waals surface area contributed by atoms with Crippen molar-refractivity contribution >= 4 is 34.4 Å². The van der Waals surface area contributed by atoms with Crippen LogP contribution in [0.25, 0.3) is 0 Å². The van der Waals surface area contributed by atoms with E-state index in [9.17, 15) is 0 Å². The molecule has 19 heavy (non-hydrogen) atoms. The monoisotopic (exact) mass is 289 g/mol. The summed E-state index contributed by atoms with van der Waals surface area (Å²) < 4.78 is 0. The number of thiophene rings is 1. The highest BCUT2D eigenvalue weighted by Gasteiger charge is 2.38. The quantitative estimate of drug-likeness (QED) is 0.831. The third kappa shape index (κ3) is 2.25. The van der Waals surface area contributed by atoms with Crippen LogP contribution < -0.4 is 15.8 Å². The molecular weight excluding hydrogens is 274 g/mol. The molecule has 1 aromatic heterocycles. The maximum Gasteiger partial charge on any atom is 0.190 e. The van der Waals surface area contributed by atoms with Gasteiger partial charge in [0.1, 0.15) is 5.66 Å². The second-order valence-corrected chi connectivity index (χ2v) is 6.15. The Morgan fingerprint density at radius 3 is 2.58 bits per heavy atom. The van der Waals surface area contributed by atoms with Crippen molar-refractivity contribution in [2.24, 2.45) is 0 Å². The van der Waals surface area contributed by atoms with E-state index in [1.54, 1.807) is 11.3 Å². The molecule has 1 atom stereocenters. The Balaban J connectivity index is 1.90. The van der Waals surface area contributed by atoms with Gasteiger partial charge in [-0.15, -0.1) is 11.3 Å². The predicted octanol–water partition coefficient (Wildman–Crippen LogP) is 3.13. The average molecular weight is 289 g/mol. The predicted molar refractivity (Wildman–Crippen MR) is 84.2 cm³/mol. The first-order valence-corrected chi connectivity index (χ1v) is 7.38. The van der Waals surface area contributed by atoms with Crippen molar-refractivity contribution < 1.29 is 0 Å². The van der Waals surface area contributed by atoms with E-state index < -0.39 is 0 Å². The fourth-order valence-corrected chi connectivity index (χ4v) is 3.28. The number of aryl methyl sites for hydroxylation is 1. The molecule has 1 aromatic carbocycles. The number of benzene rings is 1. The van der Waals surface area contributed by atoms with Crippen LogP contribution in [-0.4, -0.2) is 5.11 Å². The van der Waals surface area contributed by atoms with Crippen molar-refractivity contribution in [2.75, 3.05) is 5.01 Å². The zero-order valence-electron chi connectivity index (χ0n) is 10.8. The third-order valence-corrected chi connectivity index (χ3v) is 4.58. The van der Waals surface area contributed by atoms with Gasteiger partial charge in [0.15, 0.2) is 5.11 Å². The van der Waals surface area contributed by atoms with Gasteiger partial charge in [0.25, 0.3) is 0 Å². The van der Waals surface area contributed by atoms with Crippen LogP contribution in [0.3, 0.4) is 0 Å². The van der Waals surface area contributed by atoms with Gasteiger partial charge in [0.2, 0.25) is 0 Å². The topological polar surface area (TPSA) is 27.3 Å². The molecule has 1 fully saturated rings. The number of nitrogens with zero attached hydrogens (tertiary/aromatic N) is 1. The Hall–Kier alpha value is -1.43.